The lowest BCUT2D eigenvalue weighted by molar-refractivity contribution is 0.112. The molecule has 16 heavy (non-hydrogen) atoms. The van der Waals surface area contributed by atoms with E-state index in [9.17, 15) is 9.18 Å². The number of carbonyl (C=O) groups excluding carboxylic acids is 1. The zero-order chi connectivity index (χ0) is 11.7. The van der Waals surface area contributed by atoms with Crippen molar-refractivity contribution in [2.45, 2.75) is 0 Å². The van der Waals surface area contributed by atoms with Crippen molar-refractivity contribution in [1.82, 2.24) is 9.78 Å². The fourth-order valence-corrected chi connectivity index (χ4v) is 1.84. The Kier molecular flexibility index (Phi) is 2.87. The Morgan fingerprint density at radius 2 is 2.25 bits per heavy atom. The van der Waals surface area contributed by atoms with Crippen LogP contribution in [0.4, 0.5) is 4.39 Å². The number of rotatable bonds is 2. The number of halogens is 2. The van der Waals surface area contributed by atoms with E-state index in [0.717, 1.165) is 4.47 Å². The summed E-state index contributed by atoms with van der Waals surface area (Å²) < 4.78 is 15.8. The van der Waals surface area contributed by atoms with Gasteiger partial charge in [-0.2, -0.15) is 5.10 Å². The van der Waals surface area contributed by atoms with Crippen LogP contribution in [0.5, 0.6) is 0 Å². The Bertz CT molecular complexity index is 551. The maximum atomic E-state index is 13.6. The number of carbonyl (C=O) groups is 1. The predicted molar refractivity (Wildman–Crippen MR) is 61.7 cm³/mol. The molecule has 0 aliphatic rings. The molecule has 82 valence electrons. The zero-order valence-electron chi connectivity index (χ0n) is 8.45. The Morgan fingerprint density at radius 1 is 1.50 bits per heavy atom. The molecule has 5 heteroatoms. The molecule has 1 heterocycles. The van der Waals surface area contributed by atoms with Crippen molar-refractivity contribution in [3.63, 3.8) is 0 Å². The van der Waals surface area contributed by atoms with Crippen molar-refractivity contribution in [1.29, 1.82) is 0 Å². The van der Waals surface area contributed by atoms with Gasteiger partial charge in [-0.1, -0.05) is 15.9 Å². The average Bonchev–Trinajstić information content (AvgIpc) is 2.63. The van der Waals surface area contributed by atoms with Crippen molar-refractivity contribution in [3.8, 4) is 11.3 Å². The molecule has 0 saturated carbocycles. The first kappa shape index (κ1) is 11.0. The minimum atomic E-state index is -0.398. The average molecular weight is 283 g/mol. The SMILES string of the molecule is Cn1cc(C=O)c(-c2cc(Br)ccc2F)n1. The van der Waals surface area contributed by atoms with Crippen LogP contribution in [0.2, 0.25) is 0 Å². The van der Waals surface area contributed by atoms with Crippen LogP contribution >= 0.6 is 15.9 Å². The van der Waals surface area contributed by atoms with Gasteiger partial charge >= 0.3 is 0 Å². The van der Waals surface area contributed by atoms with E-state index in [2.05, 4.69) is 21.0 Å². The molecule has 0 spiro atoms. The first-order chi connectivity index (χ1) is 7.61. The van der Waals surface area contributed by atoms with E-state index in [1.165, 1.54) is 10.7 Å². The normalized spacial score (nSPS) is 10.4. The second kappa shape index (κ2) is 4.17. The molecule has 0 bridgehead atoms. The van der Waals surface area contributed by atoms with Crippen LogP contribution in [0.25, 0.3) is 11.3 Å². The summed E-state index contributed by atoms with van der Waals surface area (Å²) in [6, 6.07) is 4.54. The highest BCUT2D eigenvalue weighted by Gasteiger charge is 2.13. The molecule has 0 atom stereocenters. The van der Waals surface area contributed by atoms with E-state index in [0.29, 0.717) is 23.1 Å². The lowest BCUT2D eigenvalue weighted by Crippen LogP contribution is -1.91. The quantitative estimate of drug-likeness (QED) is 0.794. The smallest absolute Gasteiger partial charge is 0.153 e. The Morgan fingerprint density at radius 3 is 2.94 bits per heavy atom. The molecule has 2 aromatic rings. The molecule has 1 aromatic heterocycles. The van der Waals surface area contributed by atoms with E-state index in [4.69, 9.17) is 0 Å². The number of hydrogen-bond donors (Lipinski definition) is 0. The van der Waals surface area contributed by atoms with Gasteiger partial charge in [-0.15, -0.1) is 0 Å². The van der Waals surface area contributed by atoms with Gasteiger partial charge in [-0.25, -0.2) is 4.39 Å². The van der Waals surface area contributed by atoms with Crippen LogP contribution in [0.15, 0.2) is 28.9 Å². The number of benzene rings is 1. The minimum absolute atomic E-state index is 0.317. The molecule has 0 fully saturated rings. The molecule has 2 rings (SSSR count). The molecule has 0 amide bonds. The van der Waals surface area contributed by atoms with Crippen LogP contribution in [0, 0.1) is 5.82 Å². The van der Waals surface area contributed by atoms with Crippen LogP contribution < -0.4 is 0 Å². The van der Waals surface area contributed by atoms with E-state index in [-0.39, 0.29) is 0 Å². The summed E-state index contributed by atoms with van der Waals surface area (Å²) in [4.78, 5) is 10.8. The van der Waals surface area contributed by atoms with Gasteiger partial charge in [0.25, 0.3) is 0 Å². The second-order valence-electron chi connectivity index (χ2n) is 3.35. The Balaban J connectivity index is 2.66. The van der Waals surface area contributed by atoms with E-state index in [1.807, 2.05) is 0 Å². The van der Waals surface area contributed by atoms with Gasteiger partial charge in [-0.3, -0.25) is 9.48 Å². The highest BCUT2D eigenvalue weighted by Crippen LogP contribution is 2.26. The van der Waals surface area contributed by atoms with Gasteiger partial charge in [0.1, 0.15) is 11.5 Å². The van der Waals surface area contributed by atoms with E-state index < -0.39 is 5.82 Å². The van der Waals surface area contributed by atoms with Crippen molar-refractivity contribution in [3.05, 3.63) is 40.2 Å². The summed E-state index contributed by atoms with van der Waals surface area (Å²) in [6.45, 7) is 0. The zero-order valence-corrected chi connectivity index (χ0v) is 10.0. The highest BCUT2D eigenvalue weighted by molar-refractivity contribution is 9.10. The first-order valence-corrected chi connectivity index (χ1v) is 5.35. The summed E-state index contributed by atoms with van der Waals surface area (Å²) in [5.41, 5.74) is 1.05. The predicted octanol–water partition coefficient (Wildman–Crippen LogP) is 2.80. The van der Waals surface area contributed by atoms with Crippen LogP contribution in [0.3, 0.4) is 0 Å². The number of aromatic nitrogens is 2. The van der Waals surface area contributed by atoms with Crippen molar-refractivity contribution in [2.24, 2.45) is 7.05 Å². The molecule has 0 N–H and O–H groups in total. The van der Waals surface area contributed by atoms with Crippen LogP contribution in [-0.2, 0) is 7.05 Å². The van der Waals surface area contributed by atoms with Crippen LogP contribution in [0.1, 0.15) is 10.4 Å². The summed E-state index contributed by atoms with van der Waals surface area (Å²) in [5, 5.41) is 4.08. The molecule has 1 aromatic carbocycles. The summed E-state index contributed by atoms with van der Waals surface area (Å²) >= 11 is 3.26. The van der Waals surface area contributed by atoms with Gasteiger partial charge < -0.3 is 0 Å². The fourth-order valence-electron chi connectivity index (χ4n) is 1.48. The molecule has 0 aliphatic heterocycles. The third kappa shape index (κ3) is 1.90. The third-order valence-electron chi connectivity index (χ3n) is 2.17. The molecular weight excluding hydrogens is 275 g/mol. The molecule has 0 saturated heterocycles. The standard InChI is InChI=1S/C11H8BrFN2O/c1-15-5-7(6-16)11(14-15)9-4-8(12)2-3-10(9)13/h2-6H,1H3. The van der Waals surface area contributed by atoms with Crippen molar-refractivity contribution in [2.75, 3.05) is 0 Å². The summed E-state index contributed by atoms with van der Waals surface area (Å²) in [7, 11) is 1.69. The lowest BCUT2D eigenvalue weighted by Gasteiger charge is -2.01. The maximum Gasteiger partial charge on any atom is 0.153 e. The lowest BCUT2D eigenvalue weighted by atomic mass is 10.1. The molecule has 0 unspecified atom stereocenters. The van der Waals surface area contributed by atoms with Crippen molar-refractivity contribution < 1.29 is 9.18 Å². The van der Waals surface area contributed by atoms with Gasteiger partial charge in [0.2, 0.25) is 0 Å². The molecule has 0 aliphatic carbocycles. The van der Waals surface area contributed by atoms with Gasteiger partial charge in [-0.05, 0) is 18.2 Å². The largest absolute Gasteiger partial charge is 0.298 e. The van der Waals surface area contributed by atoms with Crippen molar-refractivity contribution >= 4 is 22.2 Å². The van der Waals surface area contributed by atoms with Crippen LogP contribution in [-0.4, -0.2) is 16.1 Å². The Labute approximate surface area is 100 Å². The van der Waals surface area contributed by atoms with Gasteiger partial charge in [0.15, 0.2) is 6.29 Å². The summed E-state index contributed by atoms with van der Waals surface area (Å²) in [5.74, 6) is -0.398. The third-order valence-corrected chi connectivity index (χ3v) is 2.66. The van der Waals surface area contributed by atoms with E-state index in [1.54, 1.807) is 25.4 Å². The number of hydrogen-bond acceptors (Lipinski definition) is 2. The maximum absolute atomic E-state index is 13.6. The molecule has 0 radical (unpaired) electrons. The highest BCUT2D eigenvalue weighted by atomic mass is 79.9. The van der Waals surface area contributed by atoms with Gasteiger partial charge in [0, 0.05) is 23.3 Å². The first-order valence-electron chi connectivity index (χ1n) is 4.56. The minimum Gasteiger partial charge on any atom is -0.298 e. The second-order valence-corrected chi connectivity index (χ2v) is 4.26. The number of nitrogens with zero attached hydrogens (tertiary/aromatic N) is 2. The molecule has 3 nitrogen and oxygen atoms in total. The monoisotopic (exact) mass is 282 g/mol. The fraction of sp³-hybridized carbons (Fsp3) is 0.0909. The topological polar surface area (TPSA) is 34.9 Å². The Hall–Kier alpha value is -1.49. The van der Waals surface area contributed by atoms with E-state index >= 15 is 0 Å². The number of aryl methyl sites for hydroxylation is 1. The molecular formula is C11H8BrFN2O. The summed E-state index contributed by atoms with van der Waals surface area (Å²) in [6.07, 6.45) is 2.23. The van der Waals surface area contributed by atoms with Gasteiger partial charge in [0.05, 0.1) is 5.56 Å². The number of aldehydes is 1.